The Morgan fingerprint density at radius 1 is 1.03 bits per heavy atom. The Balaban J connectivity index is 1.54. The number of benzene rings is 3. The molecule has 0 saturated carbocycles. The summed E-state index contributed by atoms with van der Waals surface area (Å²) in [4.78, 5) is 31.3. The van der Waals surface area contributed by atoms with Crippen molar-refractivity contribution in [2.24, 2.45) is 0 Å². The zero-order valence-corrected chi connectivity index (χ0v) is 20.8. The van der Waals surface area contributed by atoms with Crippen LogP contribution in [0.5, 0.6) is 5.75 Å². The van der Waals surface area contributed by atoms with Crippen LogP contribution < -0.4 is 15.6 Å². The monoisotopic (exact) mass is 499 g/mol. The van der Waals surface area contributed by atoms with E-state index in [4.69, 9.17) is 14.1 Å². The van der Waals surface area contributed by atoms with Gasteiger partial charge < -0.3 is 14.5 Å². The van der Waals surface area contributed by atoms with E-state index in [1.807, 2.05) is 62.4 Å². The Morgan fingerprint density at radius 2 is 1.78 bits per heavy atom. The van der Waals surface area contributed by atoms with Crippen LogP contribution >= 0.6 is 11.8 Å². The van der Waals surface area contributed by atoms with Crippen LogP contribution in [0.1, 0.15) is 19.4 Å². The highest BCUT2D eigenvalue weighted by Gasteiger charge is 2.20. The van der Waals surface area contributed by atoms with Gasteiger partial charge in [0.2, 0.25) is 11.5 Å². The molecule has 0 aliphatic carbocycles. The van der Waals surface area contributed by atoms with E-state index in [0.717, 1.165) is 23.1 Å². The van der Waals surface area contributed by atoms with Gasteiger partial charge in [-0.1, -0.05) is 49.0 Å². The average Bonchev–Trinajstić information content (AvgIpc) is 3.28. The number of carbonyl (C=O) groups excluding carboxylic acids is 1. The molecule has 0 spiro atoms. The standard InChI is InChI=1S/C28H25N3O4S/c1-3-18-9-5-7-11-22(18)29-24(32)17-36-28-30-25-21-10-6-8-12-23(21)35-26(25)27(33)31(28)19-13-15-20(16-14-19)34-4-2/h5-16H,3-4,17H2,1-2H3,(H,29,32). The molecular formula is C28H25N3O4S. The van der Waals surface area contributed by atoms with E-state index < -0.39 is 0 Å². The molecule has 0 saturated heterocycles. The molecule has 7 nitrogen and oxygen atoms in total. The number of hydrogen-bond acceptors (Lipinski definition) is 6. The maximum absolute atomic E-state index is 13.6. The quantitative estimate of drug-likeness (QED) is 0.214. The fourth-order valence-electron chi connectivity index (χ4n) is 4.07. The zero-order chi connectivity index (χ0) is 25.1. The van der Waals surface area contributed by atoms with Crippen LogP contribution in [0.25, 0.3) is 27.8 Å². The molecule has 1 amide bonds. The van der Waals surface area contributed by atoms with Crippen LogP contribution in [0, 0.1) is 0 Å². The van der Waals surface area contributed by atoms with Crippen molar-refractivity contribution in [3.05, 3.63) is 88.7 Å². The summed E-state index contributed by atoms with van der Waals surface area (Å²) >= 11 is 1.21. The number of anilines is 1. The fraction of sp³-hybridized carbons (Fsp3) is 0.179. The SMILES string of the molecule is CCOc1ccc(-n2c(SCC(=O)Nc3ccccc3CC)nc3c(oc4ccccc43)c2=O)cc1. The van der Waals surface area contributed by atoms with Gasteiger partial charge in [0.15, 0.2) is 5.16 Å². The van der Waals surface area contributed by atoms with E-state index in [2.05, 4.69) is 5.32 Å². The molecule has 1 N–H and O–H groups in total. The molecule has 2 heterocycles. The first kappa shape index (κ1) is 23.7. The van der Waals surface area contributed by atoms with Crippen molar-refractivity contribution in [1.82, 2.24) is 9.55 Å². The summed E-state index contributed by atoms with van der Waals surface area (Å²) in [6.07, 6.45) is 0.812. The van der Waals surface area contributed by atoms with E-state index in [-0.39, 0.29) is 22.8 Å². The summed E-state index contributed by atoms with van der Waals surface area (Å²) in [7, 11) is 0. The largest absolute Gasteiger partial charge is 0.494 e. The minimum atomic E-state index is -0.334. The molecule has 3 aromatic carbocycles. The first-order valence-electron chi connectivity index (χ1n) is 11.8. The Labute approximate surface area is 212 Å². The Kier molecular flexibility index (Phi) is 6.77. The van der Waals surface area contributed by atoms with Gasteiger partial charge in [0.05, 0.1) is 18.0 Å². The predicted octanol–water partition coefficient (Wildman–Crippen LogP) is 5.82. The average molecular weight is 500 g/mol. The lowest BCUT2D eigenvalue weighted by Gasteiger charge is -2.13. The second kappa shape index (κ2) is 10.3. The number of nitrogens with zero attached hydrogens (tertiary/aromatic N) is 2. The molecule has 0 unspecified atom stereocenters. The number of aromatic nitrogens is 2. The highest BCUT2D eigenvalue weighted by molar-refractivity contribution is 7.99. The number of ether oxygens (including phenoxy) is 1. The number of carbonyl (C=O) groups is 1. The topological polar surface area (TPSA) is 86.4 Å². The van der Waals surface area contributed by atoms with Crippen LogP contribution in [0.4, 0.5) is 5.69 Å². The number of furan rings is 1. The third-order valence-electron chi connectivity index (χ3n) is 5.78. The van der Waals surface area contributed by atoms with Crippen LogP contribution in [-0.2, 0) is 11.2 Å². The highest BCUT2D eigenvalue weighted by atomic mass is 32.2. The highest BCUT2D eigenvalue weighted by Crippen LogP contribution is 2.29. The fourth-order valence-corrected chi connectivity index (χ4v) is 4.88. The summed E-state index contributed by atoms with van der Waals surface area (Å²) in [5.74, 6) is 0.615. The molecule has 8 heteroatoms. The lowest BCUT2D eigenvalue weighted by atomic mass is 10.1. The molecular weight excluding hydrogens is 474 g/mol. The number of thioether (sulfide) groups is 1. The van der Waals surface area contributed by atoms with Crippen molar-refractivity contribution in [2.45, 2.75) is 25.4 Å². The van der Waals surface area contributed by atoms with Crippen molar-refractivity contribution in [3.63, 3.8) is 0 Å². The van der Waals surface area contributed by atoms with E-state index in [1.165, 1.54) is 16.3 Å². The van der Waals surface area contributed by atoms with Gasteiger partial charge in [-0.25, -0.2) is 4.98 Å². The van der Waals surface area contributed by atoms with Gasteiger partial charge >= 0.3 is 5.56 Å². The molecule has 0 radical (unpaired) electrons. The Hall–Kier alpha value is -4.04. The first-order chi connectivity index (χ1) is 17.6. The summed E-state index contributed by atoms with van der Waals surface area (Å²) in [6, 6.07) is 22.3. The predicted molar refractivity (Wildman–Crippen MR) is 143 cm³/mol. The van der Waals surface area contributed by atoms with Gasteiger partial charge in [-0.2, -0.15) is 0 Å². The summed E-state index contributed by atoms with van der Waals surface area (Å²) in [5, 5.41) is 4.14. The van der Waals surface area contributed by atoms with Gasteiger partial charge in [-0.15, -0.1) is 0 Å². The van der Waals surface area contributed by atoms with Crippen LogP contribution in [0.3, 0.4) is 0 Å². The summed E-state index contributed by atoms with van der Waals surface area (Å²) < 4.78 is 12.9. The number of para-hydroxylation sites is 2. The minimum Gasteiger partial charge on any atom is -0.494 e. The van der Waals surface area contributed by atoms with Crippen LogP contribution in [0.15, 0.2) is 87.2 Å². The molecule has 182 valence electrons. The lowest BCUT2D eigenvalue weighted by Crippen LogP contribution is -2.22. The molecule has 5 rings (SSSR count). The van der Waals surface area contributed by atoms with E-state index >= 15 is 0 Å². The maximum atomic E-state index is 13.6. The second-order valence-corrected chi connectivity index (χ2v) is 9.03. The van der Waals surface area contributed by atoms with E-state index in [9.17, 15) is 9.59 Å². The Morgan fingerprint density at radius 3 is 2.56 bits per heavy atom. The van der Waals surface area contributed by atoms with Crippen molar-refractivity contribution in [2.75, 3.05) is 17.7 Å². The first-order valence-corrected chi connectivity index (χ1v) is 12.8. The van der Waals surface area contributed by atoms with Crippen molar-refractivity contribution >= 4 is 45.4 Å². The number of amides is 1. The molecule has 0 fully saturated rings. The van der Waals surface area contributed by atoms with Gasteiger partial charge in [0, 0.05) is 11.1 Å². The molecule has 0 aliphatic rings. The third kappa shape index (κ3) is 4.59. The van der Waals surface area contributed by atoms with Gasteiger partial charge in [-0.3, -0.25) is 14.2 Å². The number of fused-ring (bicyclic) bond motifs is 3. The summed E-state index contributed by atoms with van der Waals surface area (Å²) in [5.41, 5.74) is 3.38. The zero-order valence-electron chi connectivity index (χ0n) is 20.0. The van der Waals surface area contributed by atoms with Gasteiger partial charge in [-0.05, 0) is 61.4 Å². The van der Waals surface area contributed by atoms with E-state index in [0.29, 0.717) is 34.3 Å². The molecule has 5 aromatic rings. The van der Waals surface area contributed by atoms with Crippen molar-refractivity contribution < 1.29 is 13.9 Å². The smallest absolute Gasteiger partial charge is 0.302 e. The molecule has 0 atom stereocenters. The van der Waals surface area contributed by atoms with Crippen LogP contribution in [-0.4, -0.2) is 27.8 Å². The molecule has 0 bridgehead atoms. The minimum absolute atomic E-state index is 0.0861. The second-order valence-electron chi connectivity index (χ2n) is 8.09. The normalized spacial score (nSPS) is 11.2. The number of aryl methyl sites for hydroxylation is 1. The maximum Gasteiger partial charge on any atom is 0.302 e. The molecule has 0 aliphatic heterocycles. The molecule has 36 heavy (non-hydrogen) atoms. The Bertz CT molecular complexity index is 1610. The number of rotatable bonds is 8. The lowest BCUT2D eigenvalue weighted by molar-refractivity contribution is -0.113. The van der Waals surface area contributed by atoms with Crippen LogP contribution in [0.2, 0.25) is 0 Å². The van der Waals surface area contributed by atoms with Crippen molar-refractivity contribution in [1.29, 1.82) is 0 Å². The molecule has 2 aromatic heterocycles. The van der Waals surface area contributed by atoms with Gasteiger partial charge in [0.25, 0.3) is 0 Å². The third-order valence-corrected chi connectivity index (χ3v) is 6.71. The number of hydrogen-bond donors (Lipinski definition) is 1. The summed E-state index contributed by atoms with van der Waals surface area (Å²) in [6.45, 7) is 4.50. The number of nitrogens with one attached hydrogen (secondary N) is 1. The van der Waals surface area contributed by atoms with E-state index in [1.54, 1.807) is 24.3 Å². The van der Waals surface area contributed by atoms with Crippen molar-refractivity contribution in [3.8, 4) is 11.4 Å². The van der Waals surface area contributed by atoms with Gasteiger partial charge in [0.1, 0.15) is 16.8 Å².